The number of imide groups is 1. The lowest BCUT2D eigenvalue weighted by molar-refractivity contribution is -0.115. The van der Waals surface area contributed by atoms with Crippen LogP contribution in [0.5, 0.6) is 5.75 Å². The van der Waals surface area contributed by atoms with E-state index < -0.39 is 17.6 Å². The number of amides is 3. The van der Waals surface area contributed by atoms with Crippen molar-refractivity contribution in [3.63, 3.8) is 0 Å². The number of nitrogens with one attached hydrogen (secondary N) is 2. The van der Waals surface area contributed by atoms with Gasteiger partial charge in [-0.3, -0.25) is 14.9 Å². The monoisotopic (exact) mass is 433 g/mol. The van der Waals surface area contributed by atoms with Crippen molar-refractivity contribution >= 4 is 40.8 Å². The first-order chi connectivity index (χ1) is 14.2. The van der Waals surface area contributed by atoms with Crippen LogP contribution in [0, 0.1) is 0 Å². The van der Waals surface area contributed by atoms with Crippen LogP contribution in [0.4, 0.5) is 15.3 Å². The zero-order valence-corrected chi connectivity index (χ0v) is 18.4. The fraction of sp³-hybridized carbons (Fsp3) is 0.476. The molecule has 0 spiro atoms. The first kappa shape index (κ1) is 22.0. The Bertz CT molecular complexity index is 878. The first-order valence-electron chi connectivity index (χ1n) is 9.91. The first-order valence-corrected chi connectivity index (χ1v) is 10.7. The minimum atomic E-state index is -0.555. The summed E-state index contributed by atoms with van der Waals surface area (Å²) in [5.41, 5.74) is 1.07. The van der Waals surface area contributed by atoms with Gasteiger partial charge in [0.1, 0.15) is 11.4 Å². The highest BCUT2D eigenvalue weighted by Gasteiger charge is 2.30. The number of thioether (sulfide) groups is 1. The molecule has 0 aromatic heterocycles. The predicted molar refractivity (Wildman–Crippen MR) is 117 cm³/mol. The van der Waals surface area contributed by atoms with Gasteiger partial charge < -0.3 is 19.7 Å². The van der Waals surface area contributed by atoms with E-state index in [9.17, 15) is 14.4 Å². The van der Waals surface area contributed by atoms with E-state index in [0.29, 0.717) is 30.4 Å². The molecule has 0 bridgehead atoms. The molecule has 3 rings (SSSR count). The molecule has 3 amide bonds. The summed E-state index contributed by atoms with van der Waals surface area (Å²) in [5, 5.41) is 4.82. The van der Waals surface area contributed by atoms with Gasteiger partial charge >= 0.3 is 6.09 Å². The Morgan fingerprint density at radius 2 is 2.13 bits per heavy atom. The van der Waals surface area contributed by atoms with E-state index in [0.717, 1.165) is 29.4 Å². The largest absolute Gasteiger partial charge is 0.492 e. The molecule has 162 valence electrons. The molecule has 2 aliphatic heterocycles. The van der Waals surface area contributed by atoms with Crippen LogP contribution in [0.15, 0.2) is 23.1 Å². The second kappa shape index (κ2) is 8.99. The summed E-state index contributed by atoms with van der Waals surface area (Å²) in [6.45, 7) is 9.17. The standard InChI is InChI=1S/C21H27N3O5S/c1-5-28-15-8-6-7-13(11-16-18(25)23-20(27)30-16)17(15)24-10-9-14(12-24)22-19(26)29-21(2,3)4/h6-8,11,14H,5,9-10,12H2,1-4H3,(H,22,26)(H,23,25,27)/b16-11+. The minimum Gasteiger partial charge on any atom is -0.492 e. The fourth-order valence-corrected chi connectivity index (χ4v) is 4.06. The Kier molecular flexibility index (Phi) is 6.60. The van der Waals surface area contributed by atoms with Crippen LogP contribution < -0.4 is 20.3 Å². The van der Waals surface area contributed by atoms with Gasteiger partial charge in [0, 0.05) is 18.7 Å². The van der Waals surface area contributed by atoms with Gasteiger partial charge in [-0.1, -0.05) is 12.1 Å². The summed E-state index contributed by atoms with van der Waals surface area (Å²) in [6.07, 6.45) is 2.02. The number of para-hydroxylation sites is 1. The SMILES string of the molecule is CCOc1cccc(/C=C2/SC(=O)NC2=O)c1N1CCC(NC(=O)OC(C)(C)C)C1. The summed E-state index contributed by atoms with van der Waals surface area (Å²) in [7, 11) is 0. The van der Waals surface area contributed by atoms with Crippen LogP contribution in [-0.2, 0) is 9.53 Å². The highest BCUT2D eigenvalue weighted by Crippen LogP contribution is 2.37. The van der Waals surface area contributed by atoms with Crippen LogP contribution >= 0.6 is 11.8 Å². The number of anilines is 1. The molecule has 2 heterocycles. The van der Waals surface area contributed by atoms with Crippen molar-refractivity contribution in [1.29, 1.82) is 0 Å². The lowest BCUT2D eigenvalue weighted by Crippen LogP contribution is -2.40. The third-order valence-electron chi connectivity index (χ3n) is 4.48. The number of nitrogens with zero attached hydrogens (tertiary/aromatic N) is 1. The van der Waals surface area contributed by atoms with Gasteiger partial charge in [0.2, 0.25) is 0 Å². The molecule has 1 atom stereocenters. The normalized spacial score (nSPS) is 20.5. The average molecular weight is 434 g/mol. The fourth-order valence-electron chi connectivity index (χ4n) is 3.38. The molecule has 30 heavy (non-hydrogen) atoms. The predicted octanol–water partition coefficient (Wildman–Crippen LogP) is 3.51. The molecular formula is C21H27N3O5S. The maximum atomic E-state index is 12.1. The molecule has 2 saturated heterocycles. The summed E-state index contributed by atoms with van der Waals surface area (Å²) >= 11 is 0.882. The van der Waals surface area contributed by atoms with E-state index in [4.69, 9.17) is 9.47 Å². The highest BCUT2D eigenvalue weighted by molar-refractivity contribution is 8.18. The van der Waals surface area contributed by atoms with E-state index in [-0.39, 0.29) is 11.3 Å². The van der Waals surface area contributed by atoms with Crippen LogP contribution in [0.25, 0.3) is 6.08 Å². The molecule has 2 fully saturated rings. The van der Waals surface area contributed by atoms with Crippen molar-refractivity contribution in [3.8, 4) is 5.75 Å². The zero-order chi connectivity index (χ0) is 21.9. The number of carbonyl (C=O) groups is 3. The van der Waals surface area contributed by atoms with E-state index >= 15 is 0 Å². The van der Waals surface area contributed by atoms with Crippen molar-refractivity contribution in [2.45, 2.75) is 45.8 Å². The van der Waals surface area contributed by atoms with E-state index in [1.54, 1.807) is 6.08 Å². The second-order valence-electron chi connectivity index (χ2n) is 8.06. The van der Waals surface area contributed by atoms with Gasteiger partial charge in [-0.2, -0.15) is 0 Å². The quantitative estimate of drug-likeness (QED) is 0.686. The lowest BCUT2D eigenvalue weighted by atomic mass is 10.1. The van der Waals surface area contributed by atoms with Gasteiger partial charge in [0.25, 0.3) is 11.1 Å². The van der Waals surface area contributed by atoms with Crippen molar-refractivity contribution < 1.29 is 23.9 Å². The molecule has 1 aromatic carbocycles. The van der Waals surface area contributed by atoms with Gasteiger partial charge in [0.15, 0.2) is 0 Å². The van der Waals surface area contributed by atoms with Crippen LogP contribution in [0.3, 0.4) is 0 Å². The number of carbonyl (C=O) groups excluding carboxylic acids is 3. The summed E-state index contributed by atoms with van der Waals surface area (Å²) < 4.78 is 11.2. The maximum absolute atomic E-state index is 12.1. The minimum absolute atomic E-state index is 0.0687. The van der Waals surface area contributed by atoms with Crippen molar-refractivity contribution in [2.75, 3.05) is 24.6 Å². The molecule has 0 aliphatic carbocycles. The van der Waals surface area contributed by atoms with E-state index in [1.165, 1.54) is 0 Å². The maximum Gasteiger partial charge on any atom is 0.407 e. The molecule has 9 heteroatoms. The molecule has 2 aliphatic rings. The highest BCUT2D eigenvalue weighted by atomic mass is 32.2. The number of rotatable bonds is 5. The zero-order valence-electron chi connectivity index (χ0n) is 17.6. The average Bonchev–Trinajstić information content (AvgIpc) is 3.20. The lowest BCUT2D eigenvalue weighted by Gasteiger charge is -2.25. The Morgan fingerprint density at radius 3 is 2.77 bits per heavy atom. The van der Waals surface area contributed by atoms with Crippen LogP contribution in [0.2, 0.25) is 0 Å². The third-order valence-corrected chi connectivity index (χ3v) is 5.29. The molecule has 0 saturated carbocycles. The summed E-state index contributed by atoms with van der Waals surface area (Å²) in [4.78, 5) is 38.1. The molecule has 1 unspecified atom stereocenters. The number of hydrogen-bond acceptors (Lipinski definition) is 7. The number of alkyl carbamates (subject to hydrolysis) is 1. The topological polar surface area (TPSA) is 97.0 Å². The Labute approximate surface area is 180 Å². The smallest absolute Gasteiger partial charge is 0.407 e. The summed E-state index contributed by atoms with van der Waals surface area (Å²) in [5.74, 6) is 0.295. The number of ether oxygens (including phenoxy) is 2. The molecule has 2 N–H and O–H groups in total. The molecule has 8 nitrogen and oxygen atoms in total. The second-order valence-corrected chi connectivity index (χ2v) is 9.07. The van der Waals surface area contributed by atoms with Crippen molar-refractivity contribution in [3.05, 3.63) is 28.7 Å². The van der Waals surface area contributed by atoms with Crippen LogP contribution in [0.1, 0.15) is 39.7 Å². The van der Waals surface area contributed by atoms with Gasteiger partial charge in [0.05, 0.1) is 23.2 Å². The van der Waals surface area contributed by atoms with E-state index in [1.807, 2.05) is 45.9 Å². The number of hydrogen-bond donors (Lipinski definition) is 2. The third kappa shape index (κ3) is 5.47. The van der Waals surface area contributed by atoms with E-state index in [2.05, 4.69) is 15.5 Å². The molecule has 1 aromatic rings. The number of benzene rings is 1. The van der Waals surface area contributed by atoms with Gasteiger partial charge in [-0.05, 0) is 58.0 Å². The Morgan fingerprint density at radius 1 is 1.37 bits per heavy atom. The van der Waals surface area contributed by atoms with Crippen molar-refractivity contribution in [2.24, 2.45) is 0 Å². The summed E-state index contributed by atoms with van der Waals surface area (Å²) in [6, 6.07) is 5.55. The van der Waals surface area contributed by atoms with Gasteiger partial charge in [-0.25, -0.2) is 4.79 Å². The van der Waals surface area contributed by atoms with Crippen molar-refractivity contribution in [1.82, 2.24) is 10.6 Å². The van der Waals surface area contributed by atoms with Gasteiger partial charge in [-0.15, -0.1) is 0 Å². The Balaban J connectivity index is 1.82. The molecule has 0 radical (unpaired) electrons. The Hall–Kier alpha value is -2.68. The molecular weight excluding hydrogens is 406 g/mol. The van der Waals surface area contributed by atoms with Crippen LogP contribution in [-0.4, -0.2) is 48.6 Å².